The summed E-state index contributed by atoms with van der Waals surface area (Å²) in [7, 11) is 0. The lowest BCUT2D eigenvalue weighted by molar-refractivity contribution is 1.59. The van der Waals surface area contributed by atoms with Crippen LogP contribution in [-0.4, -0.2) is 0 Å². The zero-order valence-electron chi connectivity index (χ0n) is 8.85. The first-order chi connectivity index (χ1) is 7.40. The van der Waals surface area contributed by atoms with Crippen LogP contribution in [0.1, 0.15) is 12.5 Å². The first-order valence-electron chi connectivity index (χ1n) is 5.18. The smallest absolute Gasteiger partial charge is 0.0184 e. The van der Waals surface area contributed by atoms with E-state index in [9.17, 15) is 0 Å². The Morgan fingerprint density at radius 2 is 1.33 bits per heavy atom. The van der Waals surface area contributed by atoms with Gasteiger partial charge in [0.05, 0.1) is 0 Å². The van der Waals surface area contributed by atoms with E-state index >= 15 is 0 Å². The molecule has 0 radical (unpaired) electrons. The van der Waals surface area contributed by atoms with Gasteiger partial charge in [0.25, 0.3) is 0 Å². The van der Waals surface area contributed by atoms with E-state index in [1.807, 2.05) is 13.0 Å². The summed E-state index contributed by atoms with van der Waals surface area (Å²) in [5.41, 5.74) is 3.78. The van der Waals surface area contributed by atoms with Crippen molar-refractivity contribution in [3.8, 4) is 11.1 Å². The van der Waals surface area contributed by atoms with Crippen LogP contribution in [0.3, 0.4) is 0 Å². The van der Waals surface area contributed by atoms with Gasteiger partial charge < -0.3 is 0 Å². The lowest BCUT2D eigenvalue weighted by Crippen LogP contribution is -1.77. The van der Waals surface area contributed by atoms with E-state index in [-0.39, 0.29) is 0 Å². The molecule has 0 aliphatic heterocycles. The second kappa shape index (κ2) is 4.61. The molecule has 74 valence electrons. The van der Waals surface area contributed by atoms with Gasteiger partial charge in [-0.05, 0) is 23.6 Å². The SMILES string of the molecule is C/C=C/c1ccc(-c2ccccc2)cc1. The molecule has 0 N–H and O–H groups in total. The molecule has 0 fully saturated rings. The standard InChI is InChI=1S/C15H14/c1-2-6-13-9-11-15(12-10-13)14-7-4-3-5-8-14/h2-12H,1H3/b6-2+. The maximum atomic E-state index is 2.16. The third-order valence-electron chi connectivity index (χ3n) is 2.38. The van der Waals surface area contributed by atoms with Crippen molar-refractivity contribution in [2.75, 3.05) is 0 Å². The molecule has 0 aliphatic carbocycles. The number of hydrogen-bond acceptors (Lipinski definition) is 0. The van der Waals surface area contributed by atoms with Crippen LogP contribution in [0.5, 0.6) is 0 Å². The van der Waals surface area contributed by atoms with Gasteiger partial charge in [-0.1, -0.05) is 66.7 Å². The van der Waals surface area contributed by atoms with Crippen LogP contribution in [0.15, 0.2) is 60.7 Å². The summed E-state index contributed by atoms with van der Waals surface area (Å²) in [6.07, 6.45) is 4.16. The number of benzene rings is 2. The van der Waals surface area contributed by atoms with Gasteiger partial charge in [-0.3, -0.25) is 0 Å². The molecule has 0 spiro atoms. The molecule has 0 atom stereocenters. The van der Waals surface area contributed by atoms with Crippen LogP contribution in [0.4, 0.5) is 0 Å². The van der Waals surface area contributed by atoms with Crippen molar-refractivity contribution in [1.82, 2.24) is 0 Å². The molecule has 15 heavy (non-hydrogen) atoms. The highest BCUT2D eigenvalue weighted by Gasteiger charge is 1.94. The van der Waals surface area contributed by atoms with Gasteiger partial charge in [-0.2, -0.15) is 0 Å². The zero-order valence-corrected chi connectivity index (χ0v) is 8.85. The molecule has 2 aromatic rings. The van der Waals surface area contributed by atoms with Crippen LogP contribution in [-0.2, 0) is 0 Å². The minimum Gasteiger partial charge on any atom is -0.0871 e. The predicted molar refractivity (Wildman–Crippen MR) is 66.6 cm³/mol. The van der Waals surface area contributed by atoms with E-state index in [4.69, 9.17) is 0 Å². The van der Waals surface area contributed by atoms with E-state index in [0.29, 0.717) is 0 Å². The Morgan fingerprint density at radius 1 is 0.733 bits per heavy atom. The first kappa shape index (κ1) is 9.72. The molecule has 0 amide bonds. The van der Waals surface area contributed by atoms with Gasteiger partial charge in [0.15, 0.2) is 0 Å². The Labute approximate surface area is 90.9 Å². The van der Waals surface area contributed by atoms with Crippen LogP contribution in [0.2, 0.25) is 0 Å². The molecule has 0 nitrogen and oxygen atoms in total. The van der Waals surface area contributed by atoms with Crippen molar-refractivity contribution >= 4 is 6.08 Å². The minimum atomic E-state index is 1.25. The van der Waals surface area contributed by atoms with Crippen molar-refractivity contribution in [3.05, 3.63) is 66.2 Å². The molecular formula is C15H14. The van der Waals surface area contributed by atoms with E-state index in [0.717, 1.165) is 0 Å². The van der Waals surface area contributed by atoms with Crippen molar-refractivity contribution < 1.29 is 0 Å². The van der Waals surface area contributed by atoms with E-state index in [1.165, 1.54) is 16.7 Å². The van der Waals surface area contributed by atoms with Gasteiger partial charge in [0, 0.05) is 0 Å². The van der Waals surface area contributed by atoms with Crippen LogP contribution in [0.25, 0.3) is 17.2 Å². The maximum Gasteiger partial charge on any atom is -0.0184 e. The third-order valence-corrected chi connectivity index (χ3v) is 2.38. The predicted octanol–water partition coefficient (Wildman–Crippen LogP) is 4.39. The Hall–Kier alpha value is -1.82. The Kier molecular flexibility index (Phi) is 2.99. The second-order valence-electron chi connectivity index (χ2n) is 3.49. The molecule has 0 unspecified atom stereocenters. The van der Waals surface area contributed by atoms with Crippen molar-refractivity contribution in [1.29, 1.82) is 0 Å². The monoisotopic (exact) mass is 194 g/mol. The average Bonchev–Trinajstić information content (AvgIpc) is 2.32. The molecule has 2 aromatic carbocycles. The van der Waals surface area contributed by atoms with E-state index < -0.39 is 0 Å². The lowest BCUT2D eigenvalue weighted by atomic mass is 10.0. The topological polar surface area (TPSA) is 0 Å². The fourth-order valence-corrected chi connectivity index (χ4v) is 1.61. The quantitative estimate of drug-likeness (QED) is 0.665. The molecule has 0 aliphatic rings. The van der Waals surface area contributed by atoms with Crippen molar-refractivity contribution in [2.24, 2.45) is 0 Å². The Morgan fingerprint density at radius 3 is 1.93 bits per heavy atom. The van der Waals surface area contributed by atoms with Gasteiger partial charge in [-0.25, -0.2) is 0 Å². The van der Waals surface area contributed by atoms with Gasteiger partial charge in [0.2, 0.25) is 0 Å². The van der Waals surface area contributed by atoms with Crippen LogP contribution >= 0.6 is 0 Å². The summed E-state index contributed by atoms with van der Waals surface area (Å²) in [5, 5.41) is 0. The Balaban J connectivity index is 2.32. The second-order valence-corrected chi connectivity index (χ2v) is 3.49. The first-order valence-corrected chi connectivity index (χ1v) is 5.18. The van der Waals surface area contributed by atoms with Gasteiger partial charge in [0.1, 0.15) is 0 Å². The van der Waals surface area contributed by atoms with Gasteiger partial charge >= 0.3 is 0 Å². The van der Waals surface area contributed by atoms with E-state index in [1.54, 1.807) is 0 Å². The number of allylic oxidation sites excluding steroid dienone is 1. The number of hydrogen-bond donors (Lipinski definition) is 0. The normalized spacial score (nSPS) is 10.7. The highest BCUT2D eigenvalue weighted by molar-refractivity contribution is 5.65. The maximum absolute atomic E-state index is 2.16. The largest absolute Gasteiger partial charge is 0.0871 e. The fraction of sp³-hybridized carbons (Fsp3) is 0.0667. The zero-order chi connectivity index (χ0) is 10.5. The van der Waals surface area contributed by atoms with Crippen LogP contribution < -0.4 is 0 Å². The molecule has 0 heteroatoms. The fourth-order valence-electron chi connectivity index (χ4n) is 1.61. The Bertz CT molecular complexity index is 435. The molecular weight excluding hydrogens is 180 g/mol. The summed E-state index contributed by atoms with van der Waals surface area (Å²) < 4.78 is 0. The molecule has 0 saturated carbocycles. The van der Waals surface area contributed by atoms with Crippen molar-refractivity contribution in [2.45, 2.75) is 6.92 Å². The average molecular weight is 194 g/mol. The van der Waals surface area contributed by atoms with Crippen molar-refractivity contribution in [3.63, 3.8) is 0 Å². The molecule has 0 saturated heterocycles. The molecule has 0 bridgehead atoms. The molecule has 0 heterocycles. The van der Waals surface area contributed by atoms with E-state index in [2.05, 4.69) is 60.7 Å². The van der Waals surface area contributed by atoms with Crippen LogP contribution in [0, 0.1) is 0 Å². The summed E-state index contributed by atoms with van der Waals surface area (Å²) >= 11 is 0. The molecule has 0 aromatic heterocycles. The highest BCUT2D eigenvalue weighted by atomic mass is 14.0. The minimum absolute atomic E-state index is 1.25. The lowest BCUT2D eigenvalue weighted by Gasteiger charge is -2.01. The summed E-state index contributed by atoms with van der Waals surface area (Å²) in [4.78, 5) is 0. The third kappa shape index (κ3) is 2.35. The highest BCUT2D eigenvalue weighted by Crippen LogP contribution is 2.19. The summed E-state index contributed by atoms with van der Waals surface area (Å²) in [6.45, 7) is 2.03. The molecule has 2 rings (SSSR count). The summed E-state index contributed by atoms with van der Waals surface area (Å²) in [5.74, 6) is 0. The van der Waals surface area contributed by atoms with Gasteiger partial charge in [-0.15, -0.1) is 0 Å². The number of rotatable bonds is 2. The summed E-state index contributed by atoms with van der Waals surface area (Å²) in [6, 6.07) is 19.0.